The highest BCUT2D eigenvalue weighted by Gasteiger charge is 2.28. The van der Waals surface area contributed by atoms with E-state index in [1.165, 1.54) is 4.52 Å². The van der Waals surface area contributed by atoms with Crippen molar-refractivity contribution in [3.05, 3.63) is 34.4 Å². The Morgan fingerprint density at radius 2 is 1.91 bits per heavy atom. The Hall–Kier alpha value is -3.63. The summed E-state index contributed by atoms with van der Waals surface area (Å²) < 4.78 is 12.0. The maximum absolute atomic E-state index is 13.4. The third kappa shape index (κ3) is 4.62. The Balaban J connectivity index is 1.62. The number of hydrogen-bond acceptors (Lipinski definition) is 8. The molecule has 4 heterocycles. The molecule has 4 rings (SSSR count). The largest absolute Gasteiger partial charge is 0.481 e. The number of carbonyl (C=O) groups excluding carboxylic acids is 1. The first-order valence-corrected chi connectivity index (χ1v) is 10.9. The number of ether oxygens (including phenoxy) is 2. The van der Waals surface area contributed by atoms with Gasteiger partial charge in [0.25, 0.3) is 11.3 Å². The summed E-state index contributed by atoms with van der Waals surface area (Å²) in [5.41, 5.74) is 1.17. The summed E-state index contributed by atoms with van der Waals surface area (Å²) in [6.45, 7) is 9.44. The van der Waals surface area contributed by atoms with E-state index in [2.05, 4.69) is 20.1 Å². The molecule has 3 aromatic heterocycles. The van der Waals surface area contributed by atoms with Gasteiger partial charge in [-0.3, -0.25) is 9.89 Å². The van der Waals surface area contributed by atoms with Crippen LogP contribution >= 0.6 is 0 Å². The van der Waals surface area contributed by atoms with Crippen molar-refractivity contribution in [2.45, 2.75) is 39.7 Å². The van der Waals surface area contributed by atoms with Crippen molar-refractivity contribution >= 4 is 17.6 Å². The van der Waals surface area contributed by atoms with Crippen LogP contribution in [0.4, 0.5) is 10.5 Å². The summed E-state index contributed by atoms with van der Waals surface area (Å²) in [6.07, 6.45) is 1.86. The van der Waals surface area contributed by atoms with Crippen LogP contribution in [0, 0.1) is 0 Å². The van der Waals surface area contributed by atoms with Gasteiger partial charge in [-0.05, 0) is 33.3 Å². The summed E-state index contributed by atoms with van der Waals surface area (Å²) in [4.78, 5) is 42.7. The van der Waals surface area contributed by atoms with E-state index in [1.54, 1.807) is 30.3 Å². The molecule has 11 heteroatoms. The maximum atomic E-state index is 13.4. The normalized spacial score (nSPS) is 14.6. The SMILES string of the molecule is CCc1nc2nc(-c3ccnc(OC)c3)[nH]n2c(=O)c1N1CCN(C(=O)OC(C)(C)C)CC1. The number of rotatable bonds is 4. The number of methoxy groups -OCH3 is 1. The van der Waals surface area contributed by atoms with Gasteiger partial charge in [-0.15, -0.1) is 0 Å². The van der Waals surface area contributed by atoms with Crippen molar-refractivity contribution in [1.29, 1.82) is 0 Å². The predicted molar refractivity (Wildman–Crippen MR) is 123 cm³/mol. The maximum Gasteiger partial charge on any atom is 0.410 e. The number of hydrogen-bond donors (Lipinski definition) is 1. The first-order valence-electron chi connectivity index (χ1n) is 10.9. The molecule has 1 aliphatic rings. The lowest BCUT2D eigenvalue weighted by Crippen LogP contribution is -2.51. The molecule has 0 bridgehead atoms. The van der Waals surface area contributed by atoms with Gasteiger partial charge >= 0.3 is 6.09 Å². The van der Waals surface area contributed by atoms with E-state index < -0.39 is 5.60 Å². The number of nitrogens with zero attached hydrogens (tertiary/aromatic N) is 6. The first kappa shape index (κ1) is 22.6. The quantitative estimate of drug-likeness (QED) is 0.636. The van der Waals surface area contributed by atoms with Crippen LogP contribution in [0.1, 0.15) is 33.4 Å². The molecule has 0 atom stereocenters. The molecular weight excluding hydrogens is 426 g/mol. The minimum atomic E-state index is -0.547. The van der Waals surface area contributed by atoms with Crippen molar-refractivity contribution in [3.8, 4) is 17.3 Å². The highest BCUT2D eigenvalue weighted by Crippen LogP contribution is 2.22. The zero-order valence-corrected chi connectivity index (χ0v) is 19.6. The molecule has 1 fully saturated rings. The van der Waals surface area contributed by atoms with Crippen molar-refractivity contribution in [1.82, 2.24) is 29.5 Å². The highest BCUT2D eigenvalue weighted by molar-refractivity contribution is 5.69. The number of pyridine rings is 1. The van der Waals surface area contributed by atoms with Crippen molar-refractivity contribution in [3.63, 3.8) is 0 Å². The van der Waals surface area contributed by atoms with Gasteiger partial charge in [-0.25, -0.2) is 14.8 Å². The fourth-order valence-corrected chi connectivity index (χ4v) is 3.75. The van der Waals surface area contributed by atoms with Crippen molar-refractivity contribution < 1.29 is 14.3 Å². The molecular formula is C22H29N7O4. The van der Waals surface area contributed by atoms with Crippen LogP contribution in [-0.4, -0.2) is 74.4 Å². The Labute approximate surface area is 191 Å². The van der Waals surface area contributed by atoms with Gasteiger partial charge < -0.3 is 19.3 Å². The number of aromatic amines is 1. The molecule has 0 unspecified atom stereocenters. The highest BCUT2D eigenvalue weighted by atomic mass is 16.6. The van der Waals surface area contributed by atoms with Gasteiger partial charge in [0.15, 0.2) is 5.82 Å². The number of fused-ring (bicyclic) bond motifs is 1. The number of aromatic nitrogens is 5. The lowest BCUT2D eigenvalue weighted by Gasteiger charge is -2.36. The van der Waals surface area contributed by atoms with Gasteiger partial charge in [0.2, 0.25) is 5.88 Å². The van der Waals surface area contributed by atoms with Gasteiger partial charge in [0.05, 0.1) is 12.8 Å². The lowest BCUT2D eigenvalue weighted by atomic mass is 10.2. The molecule has 0 aliphatic carbocycles. The smallest absolute Gasteiger partial charge is 0.410 e. The van der Waals surface area contributed by atoms with E-state index in [0.29, 0.717) is 61.5 Å². The van der Waals surface area contributed by atoms with Crippen LogP contribution in [0.5, 0.6) is 5.88 Å². The molecule has 1 saturated heterocycles. The van der Waals surface area contributed by atoms with Gasteiger partial charge in [0.1, 0.15) is 11.3 Å². The van der Waals surface area contributed by atoms with E-state index in [0.717, 1.165) is 5.56 Å². The van der Waals surface area contributed by atoms with Crippen LogP contribution in [0.15, 0.2) is 23.1 Å². The zero-order chi connectivity index (χ0) is 23.8. The third-order valence-corrected chi connectivity index (χ3v) is 5.34. The van der Waals surface area contributed by atoms with Crippen LogP contribution in [0.25, 0.3) is 17.2 Å². The molecule has 0 aromatic carbocycles. The van der Waals surface area contributed by atoms with Crippen molar-refractivity contribution in [2.24, 2.45) is 0 Å². The monoisotopic (exact) mass is 455 g/mol. The topological polar surface area (TPSA) is 118 Å². The van der Waals surface area contributed by atoms with Crippen LogP contribution < -0.4 is 15.2 Å². The molecule has 176 valence electrons. The second-order valence-electron chi connectivity index (χ2n) is 8.81. The molecule has 1 aliphatic heterocycles. The van der Waals surface area contributed by atoms with E-state index in [9.17, 15) is 9.59 Å². The molecule has 0 radical (unpaired) electrons. The summed E-state index contributed by atoms with van der Waals surface area (Å²) in [5, 5.41) is 3.05. The minimum absolute atomic E-state index is 0.220. The second kappa shape index (κ2) is 8.72. The molecule has 1 N–H and O–H groups in total. The average molecular weight is 456 g/mol. The zero-order valence-electron chi connectivity index (χ0n) is 19.6. The molecule has 11 nitrogen and oxygen atoms in total. The predicted octanol–water partition coefficient (Wildman–Crippen LogP) is 2.11. The molecule has 3 aromatic rings. The van der Waals surface area contributed by atoms with Crippen molar-refractivity contribution in [2.75, 3.05) is 38.2 Å². The van der Waals surface area contributed by atoms with E-state index >= 15 is 0 Å². The summed E-state index contributed by atoms with van der Waals surface area (Å²) in [6, 6.07) is 3.52. The second-order valence-corrected chi connectivity index (χ2v) is 8.81. The van der Waals surface area contributed by atoms with E-state index in [-0.39, 0.29) is 11.7 Å². The number of aryl methyl sites for hydroxylation is 1. The van der Waals surface area contributed by atoms with Gasteiger partial charge in [0, 0.05) is 44.0 Å². The molecule has 0 saturated carbocycles. The Morgan fingerprint density at radius 1 is 1.18 bits per heavy atom. The summed E-state index contributed by atoms with van der Waals surface area (Å²) in [5.74, 6) is 1.25. The molecule has 33 heavy (non-hydrogen) atoms. The van der Waals surface area contributed by atoms with Crippen LogP contribution in [0.2, 0.25) is 0 Å². The summed E-state index contributed by atoms with van der Waals surface area (Å²) >= 11 is 0. The number of amides is 1. The Morgan fingerprint density at radius 3 is 2.55 bits per heavy atom. The van der Waals surface area contributed by atoms with E-state index in [4.69, 9.17) is 9.47 Å². The average Bonchev–Trinajstić information content (AvgIpc) is 3.22. The third-order valence-electron chi connectivity index (χ3n) is 5.34. The van der Waals surface area contributed by atoms with Crippen LogP contribution in [0.3, 0.4) is 0 Å². The molecule has 1 amide bonds. The number of nitrogens with one attached hydrogen (secondary N) is 1. The number of carbonyl (C=O) groups is 1. The van der Waals surface area contributed by atoms with Gasteiger partial charge in [-0.2, -0.15) is 9.50 Å². The number of anilines is 1. The summed E-state index contributed by atoms with van der Waals surface area (Å²) in [7, 11) is 1.54. The molecule has 0 spiro atoms. The minimum Gasteiger partial charge on any atom is -0.481 e. The number of piperazine rings is 1. The van der Waals surface area contributed by atoms with E-state index in [1.807, 2.05) is 32.6 Å². The number of H-pyrrole nitrogens is 1. The standard InChI is InChI=1S/C22H29N7O4/c1-6-15-17(27-9-11-28(12-10-27)21(31)33-22(2,3)4)19(30)29-20(24-15)25-18(26-29)14-7-8-23-16(13-14)32-5/h7-8,13H,6,9-12H2,1-5H3,(H,24,25,26). The van der Waals surface area contributed by atoms with Gasteiger partial charge in [-0.1, -0.05) is 6.92 Å². The first-order chi connectivity index (χ1) is 15.7. The lowest BCUT2D eigenvalue weighted by molar-refractivity contribution is 0.0240. The Bertz CT molecular complexity index is 1220. The fraction of sp³-hybridized carbons (Fsp3) is 0.500. The van der Waals surface area contributed by atoms with Crippen LogP contribution in [-0.2, 0) is 11.2 Å². The fourth-order valence-electron chi connectivity index (χ4n) is 3.75. The Kier molecular flexibility index (Phi) is 5.96.